The van der Waals surface area contributed by atoms with Gasteiger partial charge in [0.1, 0.15) is 5.71 Å². The van der Waals surface area contributed by atoms with E-state index in [9.17, 15) is 19.7 Å². The lowest BCUT2D eigenvalue weighted by Crippen LogP contribution is -2.32. The lowest BCUT2D eigenvalue weighted by Gasteiger charge is -2.13. The zero-order chi connectivity index (χ0) is 14.2. The summed E-state index contributed by atoms with van der Waals surface area (Å²) in [6.07, 6.45) is 0. The van der Waals surface area contributed by atoms with E-state index in [0.29, 0.717) is 0 Å². The van der Waals surface area contributed by atoms with Crippen LogP contribution in [0.2, 0.25) is 0 Å². The van der Waals surface area contributed by atoms with Gasteiger partial charge in [0.2, 0.25) is 0 Å². The van der Waals surface area contributed by atoms with Crippen LogP contribution in [0.1, 0.15) is 19.4 Å². The number of hydrogen-bond acceptors (Lipinski definition) is 5. The van der Waals surface area contributed by atoms with Crippen molar-refractivity contribution < 1.29 is 14.5 Å². The Hall–Kier alpha value is -2.57. The highest BCUT2D eigenvalue weighted by Crippen LogP contribution is 2.19. The molecule has 0 atom stereocenters. The van der Waals surface area contributed by atoms with Crippen LogP contribution in [0.5, 0.6) is 0 Å². The van der Waals surface area contributed by atoms with Gasteiger partial charge in [-0.2, -0.15) is 5.10 Å². The van der Waals surface area contributed by atoms with Crippen LogP contribution in [0.15, 0.2) is 29.4 Å². The van der Waals surface area contributed by atoms with Crippen LogP contribution in [0, 0.1) is 10.1 Å². The number of benzene rings is 1. The fraction of sp³-hybridized carbons (Fsp3) is 0.250. The summed E-state index contributed by atoms with van der Waals surface area (Å²) in [5.41, 5.74) is 0.0709. The van der Waals surface area contributed by atoms with Gasteiger partial charge < -0.3 is 0 Å². The minimum atomic E-state index is -0.741. The highest BCUT2D eigenvalue weighted by molar-refractivity contribution is 6.69. The monoisotopic (exact) mass is 261 g/mol. The Kier molecular flexibility index (Phi) is 3.12. The molecule has 1 aliphatic rings. The molecule has 0 fully saturated rings. The minimum absolute atomic E-state index is 0.0533. The van der Waals surface area contributed by atoms with E-state index < -0.39 is 16.6 Å². The molecule has 19 heavy (non-hydrogen) atoms. The van der Waals surface area contributed by atoms with Gasteiger partial charge >= 0.3 is 5.91 Å². The molecule has 0 aromatic heterocycles. The molecule has 98 valence electrons. The second-order valence-corrected chi connectivity index (χ2v) is 4.33. The van der Waals surface area contributed by atoms with Crippen LogP contribution in [0.3, 0.4) is 0 Å². The first-order valence-electron chi connectivity index (χ1n) is 5.63. The molecule has 7 nitrogen and oxygen atoms in total. The summed E-state index contributed by atoms with van der Waals surface area (Å²) in [7, 11) is 0. The van der Waals surface area contributed by atoms with Crippen molar-refractivity contribution in [2.45, 2.75) is 19.9 Å². The SMILES string of the molecule is CC(C)N1N=C(c2cccc([N+](=O)[O-])c2)C(=O)C1=O. The Balaban J connectivity index is 2.44. The van der Waals surface area contributed by atoms with Crippen molar-refractivity contribution in [2.24, 2.45) is 5.10 Å². The quantitative estimate of drug-likeness (QED) is 0.463. The van der Waals surface area contributed by atoms with Gasteiger partial charge in [-0.15, -0.1) is 0 Å². The van der Waals surface area contributed by atoms with E-state index in [4.69, 9.17) is 0 Å². The van der Waals surface area contributed by atoms with E-state index in [1.165, 1.54) is 24.3 Å². The number of ketones is 1. The molecule has 0 saturated carbocycles. The fourth-order valence-electron chi connectivity index (χ4n) is 1.71. The van der Waals surface area contributed by atoms with Gasteiger partial charge in [0.05, 0.1) is 11.0 Å². The van der Waals surface area contributed by atoms with E-state index in [0.717, 1.165) is 5.01 Å². The maximum atomic E-state index is 11.8. The van der Waals surface area contributed by atoms with E-state index in [1.807, 2.05) is 0 Å². The summed E-state index contributed by atoms with van der Waals surface area (Å²) in [6, 6.07) is 5.26. The lowest BCUT2D eigenvalue weighted by molar-refractivity contribution is -0.384. The maximum Gasteiger partial charge on any atom is 0.317 e. The van der Waals surface area contributed by atoms with Gasteiger partial charge in [0, 0.05) is 17.7 Å². The second-order valence-electron chi connectivity index (χ2n) is 4.33. The van der Waals surface area contributed by atoms with Gasteiger partial charge in [0.25, 0.3) is 11.5 Å². The number of nitrogens with zero attached hydrogens (tertiary/aromatic N) is 3. The first kappa shape index (κ1) is 12.9. The summed E-state index contributed by atoms with van der Waals surface area (Å²) in [4.78, 5) is 33.6. The number of hydrazone groups is 1. The zero-order valence-corrected chi connectivity index (χ0v) is 10.4. The number of nitro groups is 1. The standard InChI is InChI=1S/C12H11N3O4/c1-7(2)14-12(17)11(16)10(13-14)8-4-3-5-9(6-8)15(18)19/h3-7H,1-2H3. The van der Waals surface area contributed by atoms with Gasteiger partial charge in [-0.1, -0.05) is 12.1 Å². The Labute approximate surface area is 108 Å². The molecule has 2 rings (SSSR count). The van der Waals surface area contributed by atoms with Crippen molar-refractivity contribution in [3.8, 4) is 0 Å². The first-order chi connectivity index (χ1) is 8.91. The predicted octanol–water partition coefficient (Wildman–Crippen LogP) is 1.12. The third kappa shape index (κ3) is 2.22. The second kappa shape index (κ2) is 4.60. The molecule has 0 radical (unpaired) electrons. The molecule has 1 amide bonds. The molecule has 1 aliphatic heterocycles. The number of rotatable bonds is 3. The van der Waals surface area contributed by atoms with Crippen LogP contribution in [0.4, 0.5) is 5.69 Å². The first-order valence-corrected chi connectivity index (χ1v) is 5.63. The van der Waals surface area contributed by atoms with E-state index >= 15 is 0 Å². The smallest absolute Gasteiger partial charge is 0.281 e. The molecule has 0 spiro atoms. The molecule has 1 heterocycles. The molecule has 0 aliphatic carbocycles. The highest BCUT2D eigenvalue weighted by atomic mass is 16.6. The highest BCUT2D eigenvalue weighted by Gasteiger charge is 2.36. The molecule has 7 heteroatoms. The van der Waals surface area contributed by atoms with Crippen LogP contribution in [-0.2, 0) is 9.59 Å². The maximum absolute atomic E-state index is 11.8. The average Bonchev–Trinajstić information content (AvgIpc) is 2.67. The number of Topliss-reactive ketones (excluding diaryl/α,β-unsaturated/α-hetero) is 1. The fourth-order valence-corrected chi connectivity index (χ4v) is 1.71. The van der Waals surface area contributed by atoms with Gasteiger partial charge in [-0.05, 0) is 13.8 Å². The van der Waals surface area contributed by atoms with E-state index in [-0.39, 0.29) is 23.0 Å². The third-order valence-corrected chi connectivity index (χ3v) is 2.64. The van der Waals surface area contributed by atoms with Crippen LogP contribution >= 0.6 is 0 Å². The van der Waals surface area contributed by atoms with E-state index in [1.54, 1.807) is 13.8 Å². The minimum Gasteiger partial charge on any atom is -0.281 e. The molecule has 0 saturated heterocycles. The van der Waals surface area contributed by atoms with Crippen LogP contribution in [0.25, 0.3) is 0 Å². The molecule has 1 aromatic carbocycles. The van der Waals surface area contributed by atoms with Crippen molar-refractivity contribution in [3.05, 3.63) is 39.9 Å². The van der Waals surface area contributed by atoms with Crippen LogP contribution in [-0.4, -0.2) is 33.4 Å². The Morgan fingerprint density at radius 1 is 1.32 bits per heavy atom. The normalized spacial score (nSPS) is 15.1. The zero-order valence-electron chi connectivity index (χ0n) is 10.4. The Bertz CT molecular complexity index is 607. The largest absolute Gasteiger partial charge is 0.317 e. The van der Waals surface area contributed by atoms with Crippen LogP contribution < -0.4 is 0 Å². The summed E-state index contributed by atoms with van der Waals surface area (Å²) in [6.45, 7) is 3.45. The number of carbonyl (C=O) groups excluding carboxylic acids is 2. The van der Waals surface area contributed by atoms with Crippen molar-refractivity contribution in [1.82, 2.24) is 5.01 Å². The molecule has 0 N–H and O–H groups in total. The van der Waals surface area contributed by atoms with Crippen molar-refractivity contribution in [3.63, 3.8) is 0 Å². The topological polar surface area (TPSA) is 92.9 Å². The lowest BCUT2D eigenvalue weighted by atomic mass is 10.1. The summed E-state index contributed by atoms with van der Waals surface area (Å²) in [5.74, 6) is -1.45. The predicted molar refractivity (Wildman–Crippen MR) is 66.6 cm³/mol. The number of carbonyl (C=O) groups is 2. The molecular weight excluding hydrogens is 250 g/mol. The third-order valence-electron chi connectivity index (χ3n) is 2.64. The number of amides is 1. The molecular formula is C12H11N3O4. The average molecular weight is 261 g/mol. The van der Waals surface area contributed by atoms with Gasteiger partial charge in [-0.25, -0.2) is 5.01 Å². The molecule has 1 aromatic rings. The van der Waals surface area contributed by atoms with E-state index in [2.05, 4.69) is 5.10 Å². The van der Waals surface area contributed by atoms with Gasteiger partial charge in [0.15, 0.2) is 0 Å². The number of hydrogen-bond donors (Lipinski definition) is 0. The Morgan fingerprint density at radius 2 is 2.00 bits per heavy atom. The van der Waals surface area contributed by atoms with Crippen molar-refractivity contribution >= 4 is 23.1 Å². The van der Waals surface area contributed by atoms with Gasteiger partial charge in [-0.3, -0.25) is 19.7 Å². The summed E-state index contributed by atoms with van der Waals surface area (Å²) < 4.78 is 0. The molecule has 0 bridgehead atoms. The van der Waals surface area contributed by atoms with Crippen molar-refractivity contribution in [2.75, 3.05) is 0 Å². The summed E-state index contributed by atoms with van der Waals surface area (Å²) in [5, 5.41) is 15.7. The summed E-state index contributed by atoms with van der Waals surface area (Å²) >= 11 is 0. The Morgan fingerprint density at radius 3 is 2.53 bits per heavy atom. The molecule has 0 unspecified atom stereocenters. The number of nitro benzene ring substituents is 1. The number of non-ortho nitro benzene ring substituents is 1. The van der Waals surface area contributed by atoms with Crippen molar-refractivity contribution in [1.29, 1.82) is 0 Å².